The molecule has 170 valence electrons. The number of ether oxygens (including phenoxy) is 1. The summed E-state index contributed by atoms with van der Waals surface area (Å²) in [4.78, 5) is -0.213. The zero-order valence-electron chi connectivity index (χ0n) is 18.0. The lowest BCUT2D eigenvalue weighted by atomic mass is 10.3. The molecule has 0 heterocycles. The van der Waals surface area contributed by atoms with E-state index in [4.69, 9.17) is 14.4 Å². The Morgan fingerprint density at radius 2 is 1.03 bits per heavy atom. The summed E-state index contributed by atoms with van der Waals surface area (Å²) >= 11 is 0. The second-order valence-corrected chi connectivity index (χ2v) is 10.6. The predicted molar refractivity (Wildman–Crippen MR) is 134 cm³/mol. The van der Waals surface area contributed by atoms with Gasteiger partial charge in [-0.05, 0) is 55.0 Å². The third kappa shape index (κ3) is 7.52. The summed E-state index contributed by atoms with van der Waals surface area (Å²) in [6, 6.07) is 37.4. The van der Waals surface area contributed by atoms with Gasteiger partial charge in [-0.3, -0.25) is 4.55 Å². The number of aliphatic hydroxyl groups is 1. The first-order valence-corrected chi connectivity index (χ1v) is 13.0. The molecule has 33 heavy (non-hydrogen) atoms. The van der Waals surface area contributed by atoms with Crippen LogP contribution in [-0.4, -0.2) is 24.4 Å². The molecule has 0 amide bonds. The van der Waals surface area contributed by atoms with E-state index in [1.54, 1.807) is 0 Å². The van der Waals surface area contributed by atoms with Crippen molar-refractivity contribution in [3.05, 3.63) is 115 Å². The Balaban J connectivity index is 0.000000196. The van der Waals surface area contributed by atoms with Crippen LogP contribution in [0.2, 0.25) is 0 Å². The lowest BCUT2D eigenvalue weighted by Crippen LogP contribution is -2.20. The van der Waals surface area contributed by atoms with Crippen molar-refractivity contribution in [2.75, 3.05) is 0 Å². The van der Waals surface area contributed by atoms with Crippen LogP contribution in [-0.2, 0) is 10.1 Å². The Hall–Kier alpha value is -3.02. The summed E-state index contributed by atoms with van der Waals surface area (Å²) in [7, 11) is -4.61. The van der Waals surface area contributed by atoms with Crippen LogP contribution >= 0.6 is 7.92 Å². The summed E-state index contributed by atoms with van der Waals surface area (Å²) in [6.07, 6.45) is -0.966. The van der Waals surface area contributed by atoms with E-state index in [9.17, 15) is 8.42 Å². The number of hydrogen-bond donors (Lipinski definition) is 2. The van der Waals surface area contributed by atoms with Crippen LogP contribution in [0.25, 0.3) is 0 Å². The van der Waals surface area contributed by atoms with Gasteiger partial charge in [0.15, 0.2) is 6.29 Å². The molecule has 0 spiro atoms. The smallest absolute Gasteiger partial charge is 0.294 e. The zero-order valence-corrected chi connectivity index (χ0v) is 19.7. The Morgan fingerprint density at radius 3 is 1.33 bits per heavy atom. The van der Waals surface area contributed by atoms with E-state index in [2.05, 4.69) is 91.0 Å². The molecule has 2 N–H and O–H groups in total. The molecule has 0 radical (unpaired) electrons. The Kier molecular flexibility index (Phi) is 8.75. The van der Waals surface area contributed by atoms with E-state index in [0.717, 1.165) is 0 Å². The summed E-state index contributed by atoms with van der Waals surface area (Å²) in [6.45, 7) is 1.43. The van der Waals surface area contributed by atoms with Crippen molar-refractivity contribution >= 4 is 34.0 Å². The Morgan fingerprint density at radius 1 is 0.667 bits per heavy atom. The molecule has 0 aliphatic rings. The van der Waals surface area contributed by atoms with Crippen LogP contribution in [0.3, 0.4) is 0 Å². The van der Waals surface area contributed by atoms with Gasteiger partial charge in [-0.25, -0.2) is 0 Å². The standard InChI is InChI=1S/C18H15P.C8H10O5S/c1-4-10-16(11-5-1)19(17-12-6-2-7-13-17)18-14-8-3-9-15-18;1-6(9)13-7-2-4-8(5-3-7)14(10,11)12/h1-15H;2-6,9H,1H3,(H,10,11,12). The summed E-state index contributed by atoms with van der Waals surface area (Å²) in [5.74, 6) is 0.326. The normalized spacial score (nSPS) is 11.9. The molecule has 4 aromatic rings. The van der Waals surface area contributed by atoms with Gasteiger partial charge in [-0.1, -0.05) is 91.0 Å². The van der Waals surface area contributed by atoms with Gasteiger partial charge >= 0.3 is 0 Å². The largest absolute Gasteiger partial charge is 0.465 e. The maximum atomic E-state index is 10.6. The number of aliphatic hydroxyl groups excluding tert-OH is 1. The van der Waals surface area contributed by atoms with Gasteiger partial charge in [0.05, 0.1) is 4.90 Å². The van der Waals surface area contributed by atoms with Crippen molar-refractivity contribution in [1.29, 1.82) is 0 Å². The van der Waals surface area contributed by atoms with Crippen molar-refractivity contribution in [2.45, 2.75) is 18.1 Å². The van der Waals surface area contributed by atoms with E-state index >= 15 is 0 Å². The van der Waals surface area contributed by atoms with E-state index in [-0.39, 0.29) is 4.90 Å². The second kappa shape index (κ2) is 11.7. The fourth-order valence-corrected chi connectivity index (χ4v) is 5.85. The second-order valence-electron chi connectivity index (χ2n) is 7.01. The summed E-state index contributed by atoms with van der Waals surface area (Å²) in [5, 5.41) is 13.0. The van der Waals surface area contributed by atoms with Gasteiger partial charge in [0.1, 0.15) is 5.75 Å². The Labute approximate surface area is 195 Å². The first-order valence-electron chi connectivity index (χ1n) is 10.2. The lowest BCUT2D eigenvalue weighted by molar-refractivity contribution is -0.000325. The molecule has 1 atom stereocenters. The third-order valence-corrected chi connectivity index (χ3v) is 7.78. The molecule has 7 heteroatoms. The maximum absolute atomic E-state index is 10.6. The minimum absolute atomic E-state index is 0.213. The monoisotopic (exact) mass is 480 g/mol. The van der Waals surface area contributed by atoms with Crippen molar-refractivity contribution in [3.63, 3.8) is 0 Å². The topological polar surface area (TPSA) is 83.8 Å². The van der Waals surface area contributed by atoms with Gasteiger partial charge in [0, 0.05) is 0 Å². The fourth-order valence-electron chi connectivity index (χ4n) is 3.07. The molecular weight excluding hydrogens is 455 g/mol. The molecule has 4 aromatic carbocycles. The minimum atomic E-state index is -4.17. The van der Waals surface area contributed by atoms with Gasteiger partial charge in [0.2, 0.25) is 0 Å². The highest BCUT2D eigenvalue weighted by atomic mass is 32.2. The molecule has 0 fully saturated rings. The van der Waals surface area contributed by atoms with Gasteiger partial charge in [-0.2, -0.15) is 8.42 Å². The highest BCUT2D eigenvalue weighted by Crippen LogP contribution is 2.32. The number of hydrogen-bond acceptors (Lipinski definition) is 4. The molecule has 0 aliphatic heterocycles. The van der Waals surface area contributed by atoms with Crippen LogP contribution < -0.4 is 20.7 Å². The van der Waals surface area contributed by atoms with E-state index in [1.807, 2.05) is 0 Å². The molecular formula is C26H25O5PS. The summed E-state index contributed by atoms with van der Waals surface area (Å²) in [5.41, 5.74) is 0. The van der Waals surface area contributed by atoms with Crippen molar-refractivity contribution in [2.24, 2.45) is 0 Å². The molecule has 0 saturated heterocycles. The van der Waals surface area contributed by atoms with E-state index in [1.165, 1.54) is 47.1 Å². The summed E-state index contributed by atoms with van der Waals surface area (Å²) < 4.78 is 34.8. The minimum Gasteiger partial charge on any atom is -0.465 e. The lowest BCUT2D eigenvalue weighted by Gasteiger charge is -2.18. The number of rotatable bonds is 6. The molecule has 5 nitrogen and oxygen atoms in total. The van der Waals surface area contributed by atoms with Gasteiger partial charge < -0.3 is 9.84 Å². The van der Waals surface area contributed by atoms with Crippen molar-refractivity contribution < 1.29 is 22.8 Å². The molecule has 0 bridgehead atoms. The SMILES string of the molecule is CC(O)Oc1ccc(S(=O)(=O)O)cc1.c1ccc(P(c2ccccc2)c2ccccc2)cc1. The van der Waals surface area contributed by atoms with E-state index < -0.39 is 24.3 Å². The predicted octanol–water partition coefficient (Wildman–Crippen LogP) is 4.10. The average Bonchev–Trinajstić information content (AvgIpc) is 2.81. The highest BCUT2D eigenvalue weighted by Gasteiger charge is 2.15. The quantitative estimate of drug-likeness (QED) is 0.247. The van der Waals surface area contributed by atoms with Crippen molar-refractivity contribution in [3.8, 4) is 5.75 Å². The Bertz CT molecular complexity index is 1120. The first-order chi connectivity index (χ1) is 15.8. The zero-order chi connectivity index (χ0) is 23.7. The van der Waals surface area contributed by atoms with Gasteiger partial charge in [-0.15, -0.1) is 0 Å². The molecule has 0 aliphatic carbocycles. The molecule has 1 unspecified atom stereocenters. The van der Waals surface area contributed by atoms with Crippen molar-refractivity contribution in [1.82, 2.24) is 0 Å². The average molecular weight is 481 g/mol. The molecule has 0 aromatic heterocycles. The third-order valence-electron chi connectivity index (χ3n) is 4.47. The number of benzene rings is 4. The van der Waals surface area contributed by atoms with E-state index in [0.29, 0.717) is 5.75 Å². The van der Waals surface area contributed by atoms with Crippen LogP contribution in [0.1, 0.15) is 6.92 Å². The highest BCUT2D eigenvalue weighted by molar-refractivity contribution is 7.85. The fraction of sp³-hybridized carbons (Fsp3) is 0.0769. The van der Waals surface area contributed by atoms with Crippen LogP contribution in [0, 0.1) is 0 Å². The van der Waals surface area contributed by atoms with Crippen LogP contribution in [0.15, 0.2) is 120 Å². The van der Waals surface area contributed by atoms with Crippen LogP contribution in [0.5, 0.6) is 5.75 Å². The molecule has 4 rings (SSSR count). The maximum Gasteiger partial charge on any atom is 0.294 e. The van der Waals surface area contributed by atoms with Crippen LogP contribution in [0.4, 0.5) is 0 Å². The van der Waals surface area contributed by atoms with Gasteiger partial charge in [0.25, 0.3) is 10.1 Å². The first kappa shape index (κ1) is 24.6. The molecule has 0 saturated carbocycles.